The molecule has 0 fully saturated rings. The molecule has 122 valence electrons. The molecule has 0 saturated carbocycles. The molecule has 24 heavy (non-hydrogen) atoms. The minimum Gasteiger partial charge on any atom is -0.349 e. The quantitative estimate of drug-likeness (QED) is 0.712. The predicted octanol–water partition coefficient (Wildman–Crippen LogP) is 0.538. The van der Waals surface area contributed by atoms with Gasteiger partial charge in [0.25, 0.3) is 5.91 Å². The van der Waals surface area contributed by atoms with Gasteiger partial charge in [0.2, 0.25) is 5.82 Å². The molecule has 0 radical (unpaired) electrons. The van der Waals surface area contributed by atoms with Crippen molar-refractivity contribution in [3.63, 3.8) is 0 Å². The molecule has 1 aromatic carbocycles. The van der Waals surface area contributed by atoms with Crippen LogP contribution in [0, 0.1) is 0 Å². The summed E-state index contributed by atoms with van der Waals surface area (Å²) in [5, 5.41) is 6.48. The number of H-pyrrole nitrogens is 1. The molecule has 2 N–H and O–H groups in total. The van der Waals surface area contributed by atoms with Gasteiger partial charge in [-0.2, -0.15) is 0 Å². The topological polar surface area (TPSA) is 106 Å². The zero-order valence-corrected chi connectivity index (χ0v) is 13.1. The number of aromatic nitrogens is 5. The highest BCUT2D eigenvalue weighted by atomic mass is 16.2. The lowest BCUT2D eigenvalue weighted by atomic mass is 10.1. The van der Waals surface area contributed by atoms with Crippen molar-refractivity contribution < 1.29 is 4.79 Å². The van der Waals surface area contributed by atoms with Gasteiger partial charge in [-0.25, -0.2) is 19.4 Å². The smallest absolute Gasteiger partial charge is 0.343 e. The van der Waals surface area contributed by atoms with Crippen molar-refractivity contribution in [2.24, 2.45) is 7.05 Å². The predicted molar refractivity (Wildman–Crippen MR) is 87.3 cm³/mol. The SMILES string of the molecule is Cn1nc(C(=O)NCCc2nccc(-c3ccccc3)n2)[nH]c1=O. The fourth-order valence-electron chi connectivity index (χ4n) is 2.17. The molecule has 0 spiro atoms. The van der Waals surface area contributed by atoms with Gasteiger partial charge < -0.3 is 5.32 Å². The van der Waals surface area contributed by atoms with Crippen molar-refractivity contribution in [1.82, 2.24) is 30.0 Å². The second-order valence-corrected chi connectivity index (χ2v) is 5.13. The normalized spacial score (nSPS) is 10.5. The number of aryl methyl sites for hydroxylation is 1. The van der Waals surface area contributed by atoms with E-state index in [1.54, 1.807) is 6.20 Å². The van der Waals surface area contributed by atoms with Gasteiger partial charge in [0.05, 0.1) is 5.69 Å². The first-order valence-electron chi connectivity index (χ1n) is 7.42. The van der Waals surface area contributed by atoms with E-state index in [1.807, 2.05) is 36.4 Å². The number of hydrogen-bond donors (Lipinski definition) is 2. The summed E-state index contributed by atoms with van der Waals surface area (Å²) in [6.45, 7) is 0.343. The molecular formula is C16H16N6O2. The Morgan fingerprint density at radius 2 is 2.04 bits per heavy atom. The Morgan fingerprint density at radius 3 is 2.75 bits per heavy atom. The summed E-state index contributed by atoms with van der Waals surface area (Å²) < 4.78 is 1.07. The summed E-state index contributed by atoms with van der Waals surface area (Å²) in [7, 11) is 1.47. The van der Waals surface area contributed by atoms with Crippen LogP contribution in [0.4, 0.5) is 0 Å². The molecule has 0 atom stereocenters. The van der Waals surface area contributed by atoms with Gasteiger partial charge in [-0.05, 0) is 6.07 Å². The lowest BCUT2D eigenvalue weighted by molar-refractivity contribution is 0.0943. The van der Waals surface area contributed by atoms with Crippen molar-refractivity contribution in [2.75, 3.05) is 6.54 Å². The van der Waals surface area contributed by atoms with Crippen LogP contribution in [0.1, 0.15) is 16.4 Å². The third-order valence-electron chi connectivity index (χ3n) is 3.39. The van der Waals surface area contributed by atoms with E-state index in [0.717, 1.165) is 15.9 Å². The average Bonchev–Trinajstić information content (AvgIpc) is 2.95. The summed E-state index contributed by atoms with van der Waals surface area (Å²) in [4.78, 5) is 34.2. The van der Waals surface area contributed by atoms with Gasteiger partial charge in [0.15, 0.2) is 0 Å². The lowest BCUT2D eigenvalue weighted by Gasteiger charge is -2.05. The molecule has 3 rings (SSSR count). The summed E-state index contributed by atoms with van der Waals surface area (Å²) in [6.07, 6.45) is 2.17. The van der Waals surface area contributed by atoms with Gasteiger partial charge in [-0.15, -0.1) is 5.10 Å². The van der Waals surface area contributed by atoms with Gasteiger partial charge in [0.1, 0.15) is 5.82 Å². The van der Waals surface area contributed by atoms with Crippen LogP contribution in [-0.2, 0) is 13.5 Å². The van der Waals surface area contributed by atoms with Crippen LogP contribution in [-0.4, -0.2) is 37.2 Å². The van der Waals surface area contributed by atoms with E-state index >= 15 is 0 Å². The van der Waals surface area contributed by atoms with Crippen molar-refractivity contribution in [3.05, 3.63) is 64.7 Å². The third kappa shape index (κ3) is 3.54. The number of nitrogens with zero attached hydrogens (tertiary/aromatic N) is 4. The number of carbonyl (C=O) groups is 1. The number of amides is 1. The Bertz CT molecular complexity index is 900. The molecular weight excluding hydrogens is 308 g/mol. The van der Waals surface area contributed by atoms with Crippen LogP contribution in [0.15, 0.2) is 47.4 Å². The Labute approximate surface area is 137 Å². The van der Waals surface area contributed by atoms with Crippen molar-refractivity contribution >= 4 is 5.91 Å². The summed E-state index contributed by atoms with van der Waals surface area (Å²) in [5.74, 6) is 0.180. The number of hydrogen-bond acceptors (Lipinski definition) is 5. The number of carbonyl (C=O) groups excluding carboxylic acids is 1. The Hall–Kier alpha value is -3.29. The first-order valence-corrected chi connectivity index (χ1v) is 7.42. The monoisotopic (exact) mass is 324 g/mol. The number of rotatable bonds is 5. The molecule has 0 aliphatic carbocycles. The van der Waals surface area contributed by atoms with E-state index in [4.69, 9.17) is 0 Å². The minimum absolute atomic E-state index is 0.0125. The number of aromatic amines is 1. The summed E-state index contributed by atoms with van der Waals surface area (Å²) in [5.41, 5.74) is 1.41. The van der Waals surface area contributed by atoms with Crippen LogP contribution in [0.25, 0.3) is 11.3 Å². The number of nitrogens with one attached hydrogen (secondary N) is 2. The highest BCUT2D eigenvalue weighted by molar-refractivity contribution is 5.90. The van der Waals surface area contributed by atoms with Crippen LogP contribution in [0.5, 0.6) is 0 Å². The Balaban J connectivity index is 1.61. The van der Waals surface area contributed by atoms with Crippen molar-refractivity contribution in [1.29, 1.82) is 0 Å². The van der Waals surface area contributed by atoms with E-state index < -0.39 is 11.6 Å². The Morgan fingerprint density at radius 1 is 1.25 bits per heavy atom. The fourth-order valence-corrected chi connectivity index (χ4v) is 2.17. The van der Waals surface area contributed by atoms with Crippen molar-refractivity contribution in [3.8, 4) is 11.3 Å². The lowest BCUT2D eigenvalue weighted by Crippen LogP contribution is -2.27. The molecule has 0 aliphatic heterocycles. The molecule has 0 aliphatic rings. The maximum Gasteiger partial charge on any atom is 0.343 e. The standard InChI is InChI=1S/C16H16N6O2/c1-22-16(24)20-14(21-22)15(23)18-10-8-13-17-9-7-12(19-13)11-5-3-2-4-6-11/h2-7,9H,8,10H2,1H3,(H,18,23)(H,20,21,24). The van der Waals surface area contributed by atoms with Gasteiger partial charge in [0, 0.05) is 31.8 Å². The summed E-state index contributed by atoms with van der Waals surface area (Å²) >= 11 is 0. The zero-order chi connectivity index (χ0) is 16.9. The van der Waals surface area contributed by atoms with Crippen LogP contribution in [0.3, 0.4) is 0 Å². The second kappa shape index (κ2) is 6.86. The first-order chi connectivity index (χ1) is 11.6. The van der Waals surface area contributed by atoms with E-state index in [0.29, 0.717) is 18.8 Å². The van der Waals surface area contributed by atoms with Gasteiger partial charge >= 0.3 is 5.69 Å². The second-order valence-electron chi connectivity index (χ2n) is 5.13. The zero-order valence-electron chi connectivity index (χ0n) is 13.1. The molecule has 0 unspecified atom stereocenters. The van der Waals surface area contributed by atoms with Crippen LogP contribution >= 0.6 is 0 Å². The van der Waals surface area contributed by atoms with E-state index in [9.17, 15) is 9.59 Å². The van der Waals surface area contributed by atoms with Crippen LogP contribution in [0.2, 0.25) is 0 Å². The van der Waals surface area contributed by atoms with E-state index in [-0.39, 0.29) is 5.82 Å². The molecule has 0 bridgehead atoms. The Kier molecular flexibility index (Phi) is 4.46. The highest BCUT2D eigenvalue weighted by Crippen LogP contribution is 2.15. The molecule has 0 saturated heterocycles. The first kappa shape index (κ1) is 15.6. The van der Waals surface area contributed by atoms with Gasteiger partial charge in [-0.3, -0.25) is 9.78 Å². The molecule has 2 aromatic heterocycles. The van der Waals surface area contributed by atoms with Crippen molar-refractivity contribution in [2.45, 2.75) is 6.42 Å². The van der Waals surface area contributed by atoms with E-state index in [1.165, 1.54) is 7.05 Å². The van der Waals surface area contributed by atoms with Crippen LogP contribution < -0.4 is 11.0 Å². The highest BCUT2D eigenvalue weighted by Gasteiger charge is 2.11. The van der Waals surface area contributed by atoms with Gasteiger partial charge in [-0.1, -0.05) is 30.3 Å². The third-order valence-corrected chi connectivity index (χ3v) is 3.39. The average molecular weight is 324 g/mol. The maximum atomic E-state index is 11.9. The molecule has 8 nitrogen and oxygen atoms in total. The molecule has 2 heterocycles. The number of benzene rings is 1. The summed E-state index contributed by atoms with van der Waals surface area (Å²) in [6, 6.07) is 11.6. The van der Waals surface area contributed by atoms with E-state index in [2.05, 4.69) is 25.4 Å². The molecule has 3 aromatic rings. The largest absolute Gasteiger partial charge is 0.349 e. The maximum absolute atomic E-state index is 11.9. The molecule has 1 amide bonds. The molecule has 8 heteroatoms. The fraction of sp³-hybridized carbons (Fsp3) is 0.188. The minimum atomic E-state index is -0.438.